The normalized spacial score (nSPS) is 30.2. The molecule has 3 unspecified atom stereocenters. The molecule has 20 heavy (non-hydrogen) atoms. The second-order valence-electron chi connectivity index (χ2n) is 6.82. The third-order valence-electron chi connectivity index (χ3n) is 5.29. The molecule has 2 rings (SSSR count). The first kappa shape index (κ1) is 15.8. The average Bonchev–Trinajstić information content (AvgIpc) is 2.42. The molecule has 116 valence electrons. The van der Waals surface area contributed by atoms with Crippen molar-refractivity contribution in [2.24, 2.45) is 17.1 Å². The number of rotatable bonds is 6. The number of carbonyl (C=O) groups is 1. The summed E-state index contributed by atoms with van der Waals surface area (Å²) in [6, 6.07) is 0.167. The van der Waals surface area contributed by atoms with Gasteiger partial charge in [-0.3, -0.25) is 4.79 Å². The molecule has 0 aromatic heterocycles. The number of hydrogen-bond acceptors (Lipinski definition) is 3. The van der Waals surface area contributed by atoms with Crippen molar-refractivity contribution in [2.75, 3.05) is 6.61 Å². The van der Waals surface area contributed by atoms with Crippen LogP contribution in [0.5, 0.6) is 0 Å². The lowest BCUT2D eigenvalue weighted by Gasteiger charge is -2.58. The molecule has 4 heteroatoms. The molecule has 1 amide bonds. The largest absolute Gasteiger partial charge is 0.378 e. The molecule has 0 heterocycles. The van der Waals surface area contributed by atoms with E-state index in [0.29, 0.717) is 12.1 Å². The van der Waals surface area contributed by atoms with E-state index < -0.39 is 0 Å². The van der Waals surface area contributed by atoms with Gasteiger partial charge in [0.2, 0.25) is 5.91 Å². The van der Waals surface area contributed by atoms with Gasteiger partial charge in [-0.1, -0.05) is 33.1 Å². The van der Waals surface area contributed by atoms with E-state index in [-0.39, 0.29) is 23.3 Å². The molecule has 0 aromatic carbocycles. The number of ether oxygens (including phenoxy) is 1. The first-order valence-electron chi connectivity index (χ1n) is 8.18. The second kappa shape index (κ2) is 6.44. The fraction of sp³-hybridized carbons (Fsp3) is 0.938. The van der Waals surface area contributed by atoms with Gasteiger partial charge in [0.15, 0.2) is 0 Å². The van der Waals surface area contributed by atoms with E-state index in [1.807, 2.05) is 0 Å². The van der Waals surface area contributed by atoms with Crippen molar-refractivity contribution in [3.63, 3.8) is 0 Å². The minimum Gasteiger partial charge on any atom is -0.378 e. The third-order valence-corrected chi connectivity index (χ3v) is 5.29. The van der Waals surface area contributed by atoms with Gasteiger partial charge in [0, 0.05) is 18.1 Å². The van der Waals surface area contributed by atoms with Crippen LogP contribution in [0.4, 0.5) is 0 Å². The van der Waals surface area contributed by atoms with E-state index in [2.05, 4.69) is 26.1 Å². The smallest absolute Gasteiger partial charge is 0.234 e. The van der Waals surface area contributed by atoms with Crippen molar-refractivity contribution in [3.05, 3.63) is 0 Å². The molecule has 0 bridgehead atoms. The summed E-state index contributed by atoms with van der Waals surface area (Å²) in [5, 5.41) is 3.55. The molecule has 2 aliphatic rings. The lowest BCUT2D eigenvalue weighted by atomic mass is 9.55. The van der Waals surface area contributed by atoms with Crippen molar-refractivity contribution < 1.29 is 9.53 Å². The zero-order chi connectivity index (χ0) is 14.8. The number of nitrogens with two attached hydrogens (primary N) is 1. The molecule has 0 radical (unpaired) electrons. The van der Waals surface area contributed by atoms with E-state index in [1.54, 1.807) is 0 Å². The van der Waals surface area contributed by atoms with Crippen LogP contribution in [-0.4, -0.2) is 30.7 Å². The van der Waals surface area contributed by atoms with E-state index in [0.717, 1.165) is 13.0 Å². The Morgan fingerprint density at radius 3 is 2.50 bits per heavy atom. The van der Waals surface area contributed by atoms with Crippen molar-refractivity contribution >= 4 is 5.91 Å². The van der Waals surface area contributed by atoms with Crippen LogP contribution in [0.3, 0.4) is 0 Å². The van der Waals surface area contributed by atoms with Gasteiger partial charge in [0.25, 0.3) is 0 Å². The average molecular weight is 282 g/mol. The molecule has 2 aliphatic carbocycles. The summed E-state index contributed by atoms with van der Waals surface area (Å²) in [5.74, 6) is 0.00473. The quantitative estimate of drug-likeness (QED) is 0.785. The van der Waals surface area contributed by atoms with Crippen LogP contribution in [-0.2, 0) is 9.53 Å². The van der Waals surface area contributed by atoms with Crippen molar-refractivity contribution in [1.29, 1.82) is 0 Å². The number of nitrogens with one attached hydrogen (secondary N) is 1. The summed E-state index contributed by atoms with van der Waals surface area (Å²) in [6.07, 6.45) is 7.72. The lowest BCUT2D eigenvalue weighted by molar-refractivity contribution is -0.155. The summed E-state index contributed by atoms with van der Waals surface area (Å²) in [7, 11) is 0. The number of primary amides is 1. The maximum Gasteiger partial charge on any atom is 0.234 e. The fourth-order valence-electron chi connectivity index (χ4n) is 4.12. The van der Waals surface area contributed by atoms with E-state index in [1.165, 1.54) is 32.1 Å². The maximum absolute atomic E-state index is 11.6. The SMILES string of the molecule is CCOC1CC(NC(C(N)=O)C(C)C)C12CCCCC2. The molecule has 0 saturated heterocycles. The second-order valence-corrected chi connectivity index (χ2v) is 6.82. The zero-order valence-electron chi connectivity index (χ0n) is 13.2. The number of hydrogen-bond donors (Lipinski definition) is 2. The highest BCUT2D eigenvalue weighted by Gasteiger charge is 2.56. The Morgan fingerprint density at radius 2 is 2.00 bits per heavy atom. The van der Waals surface area contributed by atoms with Gasteiger partial charge in [0.1, 0.15) is 0 Å². The van der Waals surface area contributed by atoms with Crippen LogP contribution in [0.1, 0.15) is 59.3 Å². The molecule has 0 aromatic rings. The first-order chi connectivity index (χ1) is 9.51. The lowest BCUT2D eigenvalue weighted by Crippen LogP contribution is -2.67. The number of amides is 1. The zero-order valence-corrected chi connectivity index (χ0v) is 13.2. The first-order valence-corrected chi connectivity index (χ1v) is 8.18. The fourth-order valence-corrected chi connectivity index (χ4v) is 4.12. The Bertz CT molecular complexity index is 337. The predicted octanol–water partition coefficient (Wildman–Crippen LogP) is 2.21. The van der Waals surface area contributed by atoms with Gasteiger partial charge in [-0.2, -0.15) is 0 Å². The van der Waals surface area contributed by atoms with Crippen molar-refractivity contribution in [1.82, 2.24) is 5.32 Å². The Kier molecular flexibility index (Phi) is 5.08. The molecule has 4 nitrogen and oxygen atoms in total. The molecule has 1 spiro atoms. The maximum atomic E-state index is 11.6. The van der Waals surface area contributed by atoms with Crippen molar-refractivity contribution in [2.45, 2.75) is 77.5 Å². The van der Waals surface area contributed by atoms with Crippen molar-refractivity contribution in [3.8, 4) is 0 Å². The predicted molar refractivity (Wildman–Crippen MR) is 80.3 cm³/mol. The van der Waals surface area contributed by atoms with Crippen LogP contribution in [0.2, 0.25) is 0 Å². The highest BCUT2D eigenvalue weighted by Crippen LogP contribution is 2.53. The summed E-state index contributed by atoms with van der Waals surface area (Å²) in [6.45, 7) is 6.95. The van der Waals surface area contributed by atoms with Gasteiger partial charge in [-0.15, -0.1) is 0 Å². The highest BCUT2D eigenvalue weighted by atomic mass is 16.5. The summed E-state index contributed by atoms with van der Waals surface area (Å²) >= 11 is 0. The highest BCUT2D eigenvalue weighted by molar-refractivity contribution is 5.80. The molecule has 2 fully saturated rings. The summed E-state index contributed by atoms with van der Waals surface area (Å²) in [5.41, 5.74) is 5.79. The molecular weight excluding hydrogens is 252 g/mol. The monoisotopic (exact) mass is 282 g/mol. The van der Waals surface area contributed by atoms with Crippen LogP contribution < -0.4 is 11.1 Å². The molecule has 3 atom stereocenters. The van der Waals surface area contributed by atoms with Gasteiger partial charge in [-0.25, -0.2) is 0 Å². The van der Waals surface area contributed by atoms with Crippen LogP contribution in [0.15, 0.2) is 0 Å². The van der Waals surface area contributed by atoms with Crippen LogP contribution in [0.25, 0.3) is 0 Å². The van der Waals surface area contributed by atoms with E-state index in [9.17, 15) is 4.79 Å². The molecular formula is C16H30N2O2. The Hall–Kier alpha value is -0.610. The molecule has 2 saturated carbocycles. The molecule has 0 aliphatic heterocycles. The molecule has 3 N–H and O–H groups in total. The minimum absolute atomic E-state index is 0.221. The van der Waals surface area contributed by atoms with E-state index in [4.69, 9.17) is 10.5 Å². The van der Waals surface area contributed by atoms with Gasteiger partial charge in [-0.05, 0) is 32.1 Å². The van der Waals surface area contributed by atoms with Gasteiger partial charge >= 0.3 is 0 Å². The minimum atomic E-state index is -0.231. The van der Waals surface area contributed by atoms with Gasteiger partial charge < -0.3 is 15.8 Å². The van der Waals surface area contributed by atoms with Crippen LogP contribution in [0, 0.1) is 11.3 Å². The van der Waals surface area contributed by atoms with Gasteiger partial charge in [0.05, 0.1) is 12.1 Å². The van der Waals surface area contributed by atoms with Crippen LogP contribution >= 0.6 is 0 Å². The topological polar surface area (TPSA) is 64.3 Å². The Balaban J connectivity index is 2.05. The van der Waals surface area contributed by atoms with E-state index >= 15 is 0 Å². The standard InChI is InChI=1S/C16H30N2O2/c1-4-20-13-10-12(16(13)8-6-5-7-9-16)18-14(11(2)3)15(17)19/h11-14,18H,4-10H2,1-3H3,(H2,17,19). The summed E-state index contributed by atoms with van der Waals surface area (Å²) < 4.78 is 5.95. The Morgan fingerprint density at radius 1 is 1.35 bits per heavy atom. The summed E-state index contributed by atoms with van der Waals surface area (Å²) in [4.78, 5) is 11.6. The number of carbonyl (C=O) groups excluding carboxylic acids is 1. The third kappa shape index (κ3) is 2.86. The Labute approximate surface area is 122 Å².